The van der Waals surface area contributed by atoms with Gasteiger partial charge < -0.3 is 4.74 Å². The van der Waals surface area contributed by atoms with E-state index >= 15 is 0 Å². The Balaban J connectivity index is 4.56. The molecule has 0 bridgehead atoms. The first-order valence-electron chi connectivity index (χ1n) is 3.18. The Labute approximate surface area is 80.5 Å². The van der Waals surface area contributed by atoms with E-state index in [2.05, 4.69) is 27.2 Å². The maximum absolute atomic E-state index is 10.7. The molecular formula is C6H11BrO4S. The first kappa shape index (κ1) is 11.9. The van der Waals surface area contributed by atoms with Crippen LogP contribution in [0, 0.1) is 0 Å². The predicted octanol–water partition coefficient (Wildman–Crippen LogP) is 1.19. The highest BCUT2D eigenvalue weighted by atomic mass is 79.9. The van der Waals surface area contributed by atoms with Crippen molar-refractivity contribution in [2.45, 2.75) is 11.7 Å². The van der Waals surface area contributed by atoms with Crippen molar-refractivity contribution in [3.05, 3.63) is 12.3 Å². The third kappa shape index (κ3) is 3.55. The number of hydrogen-bond acceptors (Lipinski definition) is 3. The summed E-state index contributed by atoms with van der Waals surface area (Å²) in [4.78, 5) is 0. The van der Waals surface area contributed by atoms with Gasteiger partial charge in [-0.1, -0.05) is 22.5 Å². The Kier molecular flexibility index (Phi) is 4.81. The van der Waals surface area contributed by atoms with Crippen molar-refractivity contribution >= 4 is 26.0 Å². The van der Waals surface area contributed by atoms with Crippen LogP contribution in [0.3, 0.4) is 0 Å². The number of halogens is 1. The zero-order valence-electron chi connectivity index (χ0n) is 6.66. The summed E-state index contributed by atoms with van der Waals surface area (Å²) in [5.41, 5.74) is 0. The molecule has 0 radical (unpaired) electrons. The molecule has 1 unspecified atom stereocenters. The third-order valence-electron chi connectivity index (χ3n) is 1.35. The number of hydrogen-bond donors (Lipinski definition) is 1. The fraction of sp³-hybridized carbons (Fsp3) is 0.667. The molecule has 0 saturated heterocycles. The van der Waals surface area contributed by atoms with Gasteiger partial charge in [0.1, 0.15) is 11.0 Å². The van der Waals surface area contributed by atoms with Crippen LogP contribution < -0.4 is 0 Å². The van der Waals surface area contributed by atoms with Gasteiger partial charge in [0.25, 0.3) is 10.1 Å². The topological polar surface area (TPSA) is 63.6 Å². The van der Waals surface area contributed by atoms with Crippen LogP contribution in [0.2, 0.25) is 0 Å². The third-order valence-corrected chi connectivity index (χ3v) is 3.03. The van der Waals surface area contributed by atoms with Gasteiger partial charge in [0, 0.05) is 5.33 Å². The van der Waals surface area contributed by atoms with E-state index < -0.39 is 15.4 Å². The van der Waals surface area contributed by atoms with Crippen molar-refractivity contribution in [1.29, 1.82) is 0 Å². The lowest BCUT2D eigenvalue weighted by Gasteiger charge is -2.13. The minimum Gasteiger partial charge on any atom is -0.500 e. The summed E-state index contributed by atoms with van der Waals surface area (Å²) in [6.45, 7) is 3.38. The van der Waals surface area contributed by atoms with Gasteiger partial charge in [-0.25, -0.2) is 0 Å². The predicted molar refractivity (Wildman–Crippen MR) is 49.9 cm³/mol. The zero-order chi connectivity index (χ0) is 9.78. The van der Waals surface area contributed by atoms with Crippen molar-refractivity contribution in [3.63, 3.8) is 0 Å². The number of rotatable bonds is 5. The molecule has 0 aliphatic rings. The van der Waals surface area contributed by atoms with Crippen molar-refractivity contribution < 1.29 is 17.7 Å². The smallest absolute Gasteiger partial charge is 0.275 e. The SMILES string of the molecule is C=C(OC)C(CCBr)S(=O)(=O)O. The molecule has 0 saturated carbocycles. The molecule has 72 valence electrons. The minimum atomic E-state index is -4.09. The number of alkyl halides is 1. The summed E-state index contributed by atoms with van der Waals surface area (Å²) in [6, 6.07) is 0. The Bertz CT molecular complexity index is 246. The summed E-state index contributed by atoms with van der Waals surface area (Å²) in [5, 5.41) is -0.582. The van der Waals surface area contributed by atoms with E-state index in [-0.39, 0.29) is 12.2 Å². The van der Waals surface area contributed by atoms with E-state index in [0.29, 0.717) is 5.33 Å². The molecule has 1 atom stereocenters. The lowest BCUT2D eigenvalue weighted by molar-refractivity contribution is 0.275. The molecule has 6 heteroatoms. The van der Waals surface area contributed by atoms with Crippen LogP contribution >= 0.6 is 15.9 Å². The molecule has 0 heterocycles. The molecule has 0 aliphatic heterocycles. The van der Waals surface area contributed by atoms with Crippen LogP contribution in [0.25, 0.3) is 0 Å². The average molecular weight is 259 g/mol. The fourth-order valence-electron chi connectivity index (χ4n) is 0.707. The molecule has 0 spiro atoms. The van der Waals surface area contributed by atoms with E-state index in [1.807, 2.05) is 0 Å². The van der Waals surface area contributed by atoms with E-state index in [0.717, 1.165) is 0 Å². The highest BCUT2D eigenvalue weighted by Crippen LogP contribution is 2.15. The van der Waals surface area contributed by atoms with E-state index in [1.165, 1.54) is 7.11 Å². The molecule has 0 rings (SSSR count). The Hall–Kier alpha value is -0.0700. The van der Waals surface area contributed by atoms with Crippen molar-refractivity contribution in [3.8, 4) is 0 Å². The molecule has 12 heavy (non-hydrogen) atoms. The molecule has 0 aromatic rings. The summed E-state index contributed by atoms with van der Waals surface area (Å²) in [5.74, 6) is 0.0527. The van der Waals surface area contributed by atoms with Gasteiger partial charge >= 0.3 is 0 Å². The number of methoxy groups -OCH3 is 1. The monoisotopic (exact) mass is 258 g/mol. The number of ether oxygens (including phenoxy) is 1. The average Bonchev–Trinajstić information content (AvgIpc) is 1.96. The summed E-state index contributed by atoms with van der Waals surface area (Å²) >= 11 is 3.07. The first-order chi connectivity index (χ1) is 5.43. The van der Waals surface area contributed by atoms with Gasteiger partial charge in [-0.15, -0.1) is 0 Å². The van der Waals surface area contributed by atoms with Crippen LogP contribution in [0.15, 0.2) is 12.3 Å². The van der Waals surface area contributed by atoms with E-state index in [1.54, 1.807) is 0 Å². The normalized spacial score (nSPS) is 13.9. The van der Waals surface area contributed by atoms with Gasteiger partial charge in [-0.3, -0.25) is 4.55 Å². The maximum atomic E-state index is 10.7. The molecule has 0 amide bonds. The highest BCUT2D eigenvalue weighted by Gasteiger charge is 2.26. The van der Waals surface area contributed by atoms with Crippen LogP contribution in [0.1, 0.15) is 6.42 Å². The van der Waals surface area contributed by atoms with Gasteiger partial charge in [0.2, 0.25) is 0 Å². The van der Waals surface area contributed by atoms with Crippen LogP contribution in [0.5, 0.6) is 0 Å². The van der Waals surface area contributed by atoms with E-state index in [4.69, 9.17) is 4.55 Å². The first-order valence-corrected chi connectivity index (χ1v) is 5.81. The lowest BCUT2D eigenvalue weighted by Crippen LogP contribution is -2.23. The molecule has 1 N–H and O–H groups in total. The Morgan fingerprint density at radius 2 is 2.25 bits per heavy atom. The second kappa shape index (κ2) is 4.84. The molecule has 0 aromatic carbocycles. The van der Waals surface area contributed by atoms with Crippen molar-refractivity contribution in [2.24, 2.45) is 0 Å². The van der Waals surface area contributed by atoms with Gasteiger partial charge in [-0.2, -0.15) is 8.42 Å². The Morgan fingerprint density at radius 1 is 1.75 bits per heavy atom. The lowest BCUT2D eigenvalue weighted by atomic mass is 10.3. The van der Waals surface area contributed by atoms with Crippen molar-refractivity contribution in [1.82, 2.24) is 0 Å². The quantitative estimate of drug-likeness (QED) is 0.457. The summed E-state index contributed by atoms with van der Waals surface area (Å²) in [6.07, 6.45) is 0.242. The standard InChI is InChI=1S/C6H11BrO4S/c1-5(11-2)6(3-4-7)12(8,9)10/h6H,1,3-4H2,2H3,(H,8,9,10). The van der Waals surface area contributed by atoms with Crippen LogP contribution in [-0.2, 0) is 14.9 Å². The zero-order valence-corrected chi connectivity index (χ0v) is 9.06. The molecule has 0 aromatic heterocycles. The summed E-state index contributed by atoms with van der Waals surface area (Å²) < 4.78 is 34.8. The van der Waals surface area contributed by atoms with Gasteiger partial charge in [0.15, 0.2) is 0 Å². The fourth-order valence-corrected chi connectivity index (χ4v) is 2.31. The maximum Gasteiger partial charge on any atom is 0.275 e. The highest BCUT2D eigenvalue weighted by molar-refractivity contribution is 9.09. The largest absolute Gasteiger partial charge is 0.500 e. The Morgan fingerprint density at radius 3 is 2.50 bits per heavy atom. The van der Waals surface area contributed by atoms with Crippen LogP contribution in [0.4, 0.5) is 0 Å². The van der Waals surface area contributed by atoms with Crippen molar-refractivity contribution in [2.75, 3.05) is 12.4 Å². The second-order valence-electron chi connectivity index (χ2n) is 2.15. The minimum absolute atomic E-state index is 0.0527. The van der Waals surface area contributed by atoms with E-state index in [9.17, 15) is 8.42 Å². The molecule has 0 fully saturated rings. The summed E-state index contributed by atoms with van der Waals surface area (Å²) in [7, 11) is -2.78. The second-order valence-corrected chi connectivity index (χ2v) is 4.54. The molecule has 0 aliphatic carbocycles. The van der Waals surface area contributed by atoms with Crippen LogP contribution in [-0.4, -0.2) is 30.7 Å². The van der Waals surface area contributed by atoms with Gasteiger partial charge in [0.05, 0.1) is 7.11 Å². The molecule has 4 nitrogen and oxygen atoms in total. The van der Waals surface area contributed by atoms with Gasteiger partial charge in [-0.05, 0) is 6.42 Å². The molecular weight excluding hydrogens is 248 g/mol.